The van der Waals surface area contributed by atoms with Gasteiger partial charge in [-0.1, -0.05) is 57.2 Å². The van der Waals surface area contributed by atoms with Crippen LogP contribution in [-0.2, 0) is 25.6 Å². The highest BCUT2D eigenvalue weighted by atomic mass is 19.1. The number of amides is 1. The van der Waals surface area contributed by atoms with E-state index in [0.29, 0.717) is 19.1 Å². The predicted octanol–water partition coefficient (Wildman–Crippen LogP) is 5.27. The van der Waals surface area contributed by atoms with Gasteiger partial charge in [0.25, 0.3) is 0 Å². The number of carbonyl (C=O) groups is 1. The van der Waals surface area contributed by atoms with Gasteiger partial charge in [-0.2, -0.15) is 0 Å². The van der Waals surface area contributed by atoms with E-state index < -0.39 is 30.2 Å². The molecule has 2 unspecified atom stereocenters. The fourth-order valence-corrected chi connectivity index (χ4v) is 3.77. The number of hydrogen-bond acceptors (Lipinski definition) is 5. The van der Waals surface area contributed by atoms with Crippen LogP contribution in [0.1, 0.15) is 47.1 Å². The molecule has 1 aliphatic rings. The molecule has 1 saturated heterocycles. The van der Waals surface area contributed by atoms with Gasteiger partial charge in [-0.3, -0.25) is 0 Å². The Hall–Kier alpha value is -1.96. The Balaban J connectivity index is 1.95. The Morgan fingerprint density at radius 3 is 2.45 bits per heavy atom. The summed E-state index contributed by atoms with van der Waals surface area (Å²) >= 11 is 0. The molecule has 1 aromatic carbocycles. The van der Waals surface area contributed by atoms with Crippen LogP contribution in [0.4, 0.5) is 9.18 Å². The number of hydrogen-bond donors (Lipinski definition) is 1. The summed E-state index contributed by atoms with van der Waals surface area (Å²) in [6.07, 6.45) is -1.74. The van der Waals surface area contributed by atoms with E-state index in [2.05, 4.69) is 32.7 Å². The fourth-order valence-electron chi connectivity index (χ4n) is 3.77. The maximum atomic E-state index is 14.5. The molecule has 1 aromatic rings. The Morgan fingerprint density at radius 1 is 1.18 bits per heavy atom. The van der Waals surface area contributed by atoms with Crippen LogP contribution in [0.3, 0.4) is 0 Å². The molecule has 1 aliphatic heterocycles. The lowest BCUT2D eigenvalue weighted by atomic mass is 9.79. The van der Waals surface area contributed by atoms with Gasteiger partial charge in [0.05, 0.1) is 32.0 Å². The van der Waals surface area contributed by atoms with E-state index in [0.717, 1.165) is 11.6 Å². The van der Waals surface area contributed by atoms with Crippen molar-refractivity contribution < 1.29 is 28.1 Å². The quantitative estimate of drug-likeness (QED) is 0.477. The summed E-state index contributed by atoms with van der Waals surface area (Å²) in [5.74, 6) is 0.676. The summed E-state index contributed by atoms with van der Waals surface area (Å²) in [5, 5.41) is 2.55. The normalized spacial score (nSPS) is 27.4. The highest BCUT2D eigenvalue weighted by molar-refractivity contribution is 5.68. The van der Waals surface area contributed by atoms with Gasteiger partial charge in [0, 0.05) is 5.92 Å². The Morgan fingerprint density at radius 2 is 1.85 bits per heavy atom. The second-order valence-corrected chi connectivity index (χ2v) is 9.89. The van der Waals surface area contributed by atoms with Crippen molar-refractivity contribution in [3.63, 3.8) is 0 Å². The number of carbonyl (C=O) groups excluding carboxylic acids is 1. The van der Waals surface area contributed by atoms with Crippen LogP contribution in [0.25, 0.3) is 0 Å². The van der Waals surface area contributed by atoms with E-state index in [1.54, 1.807) is 20.8 Å². The van der Waals surface area contributed by atoms with Crippen LogP contribution in [0.2, 0.25) is 0 Å². The van der Waals surface area contributed by atoms with E-state index in [-0.39, 0.29) is 24.5 Å². The van der Waals surface area contributed by atoms with E-state index in [4.69, 9.17) is 18.9 Å². The van der Waals surface area contributed by atoms with Gasteiger partial charge in [0.2, 0.25) is 0 Å². The first-order valence-corrected chi connectivity index (χ1v) is 11.7. The van der Waals surface area contributed by atoms with Crippen molar-refractivity contribution in [2.75, 3.05) is 13.2 Å². The Kier molecular flexibility index (Phi) is 10.3. The molecule has 7 atom stereocenters. The summed E-state index contributed by atoms with van der Waals surface area (Å²) < 4.78 is 37.8. The average molecular weight is 466 g/mol. The molecule has 0 aliphatic carbocycles. The van der Waals surface area contributed by atoms with Crippen LogP contribution in [-0.4, -0.2) is 49.5 Å². The van der Waals surface area contributed by atoms with E-state index >= 15 is 0 Å². The molecule has 0 bridgehead atoms. The molecule has 1 amide bonds. The number of rotatable bonds is 10. The van der Waals surface area contributed by atoms with Crippen molar-refractivity contribution >= 4 is 6.09 Å². The molecule has 1 N–H and O–H groups in total. The van der Waals surface area contributed by atoms with Crippen LogP contribution in [0, 0.1) is 17.8 Å². The maximum Gasteiger partial charge on any atom is 0.408 e. The van der Waals surface area contributed by atoms with Gasteiger partial charge in [-0.25, -0.2) is 9.18 Å². The van der Waals surface area contributed by atoms with E-state index in [9.17, 15) is 9.18 Å². The topological polar surface area (TPSA) is 66.0 Å². The van der Waals surface area contributed by atoms with E-state index in [1.807, 2.05) is 30.3 Å². The number of alkyl carbamates (subject to hydrolysis) is 1. The Labute approximate surface area is 197 Å². The molecule has 186 valence electrons. The fraction of sp³-hybridized carbons (Fsp3) is 0.654. The minimum Gasteiger partial charge on any atom is -0.444 e. The highest BCUT2D eigenvalue weighted by Crippen LogP contribution is 2.35. The number of alkyl halides is 1. The lowest BCUT2D eigenvalue weighted by molar-refractivity contribution is -0.259. The minimum atomic E-state index is -1.49. The molecule has 0 spiro atoms. The summed E-state index contributed by atoms with van der Waals surface area (Å²) in [7, 11) is 0. The summed E-state index contributed by atoms with van der Waals surface area (Å²) in [5.41, 5.74) is 0.416. The minimum absolute atomic E-state index is 0.0693. The molecule has 33 heavy (non-hydrogen) atoms. The van der Waals surface area contributed by atoms with Crippen molar-refractivity contribution in [1.29, 1.82) is 0 Å². The summed E-state index contributed by atoms with van der Waals surface area (Å²) in [6, 6.07) is 9.04. The van der Waals surface area contributed by atoms with Gasteiger partial charge >= 0.3 is 6.09 Å². The van der Waals surface area contributed by atoms with Gasteiger partial charge in [-0.05, 0) is 38.2 Å². The number of ether oxygens (including phenoxy) is 4. The number of nitrogens with one attached hydrogen (secondary N) is 1. The monoisotopic (exact) mass is 465 g/mol. The van der Waals surface area contributed by atoms with Crippen LogP contribution in [0.15, 0.2) is 43.0 Å². The molecule has 0 saturated carbocycles. The third-order valence-electron chi connectivity index (χ3n) is 6.13. The van der Waals surface area contributed by atoms with Crippen LogP contribution >= 0.6 is 0 Å². The second kappa shape index (κ2) is 12.5. The Bertz CT molecular complexity index is 738. The zero-order valence-electron chi connectivity index (χ0n) is 20.8. The molecule has 2 rings (SSSR count). The van der Waals surface area contributed by atoms with Crippen molar-refractivity contribution in [2.45, 2.75) is 78.4 Å². The molecular formula is C26H40FNO5. The SMILES string of the molecule is C=C[C@@H](F)[C@H](CO[C@H]1OC(COCc2ccccc2)[C@H](C)[C@H](C)C1C)NC(=O)OC(C)(C)C. The third-order valence-corrected chi connectivity index (χ3v) is 6.13. The van der Waals surface area contributed by atoms with Crippen molar-refractivity contribution in [2.24, 2.45) is 17.8 Å². The zero-order valence-corrected chi connectivity index (χ0v) is 20.8. The molecule has 1 heterocycles. The van der Waals surface area contributed by atoms with Crippen LogP contribution < -0.4 is 5.32 Å². The van der Waals surface area contributed by atoms with Gasteiger partial charge < -0.3 is 24.3 Å². The standard InChI is InChI=1S/C26H40FNO5/c1-8-21(27)22(28-25(29)33-26(5,6)7)15-31-24-19(4)17(2)18(3)23(32-24)16-30-14-20-12-10-9-11-13-20/h8-13,17-19,21-24H,1,14-16H2,2-7H3,(H,28,29)/t17-,18+,19?,21+,22-,23?,24-/m0/s1. The largest absolute Gasteiger partial charge is 0.444 e. The second-order valence-electron chi connectivity index (χ2n) is 9.89. The predicted molar refractivity (Wildman–Crippen MR) is 126 cm³/mol. The average Bonchev–Trinajstić information content (AvgIpc) is 2.76. The smallest absolute Gasteiger partial charge is 0.408 e. The van der Waals surface area contributed by atoms with Crippen molar-refractivity contribution in [1.82, 2.24) is 5.32 Å². The molecule has 0 aromatic heterocycles. The third kappa shape index (κ3) is 8.72. The molecular weight excluding hydrogens is 425 g/mol. The van der Waals surface area contributed by atoms with Crippen LogP contribution in [0.5, 0.6) is 0 Å². The van der Waals surface area contributed by atoms with Gasteiger partial charge in [-0.15, -0.1) is 6.58 Å². The lowest BCUT2D eigenvalue weighted by Gasteiger charge is -2.43. The lowest BCUT2D eigenvalue weighted by Crippen LogP contribution is -2.51. The van der Waals surface area contributed by atoms with Crippen molar-refractivity contribution in [3.8, 4) is 0 Å². The summed E-state index contributed by atoms with van der Waals surface area (Å²) in [6.45, 7) is 16.0. The maximum absolute atomic E-state index is 14.5. The molecule has 6 nitrogen and oxygen atoms in total. The molecule has 7 heteroatoms. The first-order chi connectivity index (χ1) is 15.5. The first kappa shape index (κ1) is 27.3. The molecule has 1 fully saturated rings. The van der Waals surface area contributed by atoms with E-state index in [1.165, 1.54) is 0 Å². The number of halogens is 1. The van der Waals surface area contributed by atoms with Crippen molar-refractivity contribution in [3.05, 3.63) is 48.6 Å². The first-order valence-electron chi connectivity index (χ1n) is 11.7. The highest BCUT2D eigenvalue weighted by Gasteiger charge is 2.40. The molecule has 0 radical (unpaired) electrons. The summed E-state index contributed by atoms with van der Waals surface area (Å²) in [4.78, 5) is 12.1. The van der Waals surface area contributed by atoms with Gasteiger partial charge in [0.1, 0.15) is 11.8 Å². The number of benzene rings is 1. The van der Waals surface area contributed by atoms with Gasteiger partial charge in [0.15, 0.2) is 6.29 Å². The zero-order chi connectivity index (χ0) is 24.6.